The number of tetrazole rings is 1. The van der Waals surface area contributed by atoms with E-state index < -0.39 is 5.66 Å². The van der Waals surface area contributed by atoms with Crippen molar-refractivity contribution >= 4 is 17.5 Å². The van der Waals surface area contributed by atoms with E-state index in [2.05, 4.69) is 91.5 Å². The highest BCUT2D eigenvalue weighted by Gasteiger charge is 2.53. The van der Waals surface area contributed by atoms with Crippen LogP contribution in [0.2, 0.25) is 0 Å². The van der Waals surface area contributed by atoms with Crippen LogP contribution in [-0.4, -0.2) is 61.9 Å². The molecule has 1 aliphatic heterocycles. The maximum Gasteiger partial charge on any atom is 0.274 e. The molecule has 2 amide bonds. The fraction of sp³-hybridized carbons (Fsp3) is 0.667. The first kappa shape index (κ1) is 35.3. The van der Waals surface area contributed by atoms with Crippen LogP contribution in [0.15, 0.2) is 51.8 Å². The molecule has 46 heavy (non-hydrogen) atoms. The topological polar surface area (TPSA) is 125 Å². The third-order valence-corrected chi connectivity index (χ3v) is 9.83. The molecule has 252 valence electrons. The molecular weight excluding hydrogens is 578 g/mol. The third kappa shape index (κ3) is 8.42. The van der Waals surface area contributed by atoms with Crippen LogP contribution in [0, 0.1) is 16.7 Å². The number of carbonyl (C=O) groups is 2. The molecule has 1 aromatic rings. The number of rotatable bonds is 11. The van der Waals surface area contributed by atoms with E-state index in [0.29, 0.717) is 23.0 Å². The van der Waals surface area contributed by atoms with E-state index in [-0.39, 0.29) is 35.2 Å². The summed E-state index contributed by atoms with van der Waals surface area (Å²) < 4.78 is 5.57. The third-order valence-electron chi connectivity index (χ3n) is 9.83. The van der Waals surface area contributed by atoms with Gasteiger partial charge in [-0.3, -0.25) is 14.6 Å². The van der Waals surface area contributed by atoms with E-state index >= 15 is 0 Å². The Morgan fingerprint density at radius 2 is 1.91 bits per heavy atom. The zero-order chi connectivity index (χ0) is 33.7. The van der Waals surface area contributed by atoms with E-state index in [1.807, 2.05) is 12.2 Å². The largest absolute Gasteiger partial charge is 0.497 e. The number of amides is 2. The number of nitrogens with zero attached hydrogens (tertiary/aromatic N) is 5. The zero-order valence-electron chi connectivity index (χ0n) is 29.5. The van der Waals surface area contributed by atoms with Crippen LogP contribution in [-0.2, 0) is 20.9 Å². The molecule has 3 aliphatic rings. The van der Waals surface area contributed by atoms with Crippen molar-refractivity contribution in [1.29, 1.82) is 0 Å². The van der Waals surface area contributed by atoms with Crippen molar-refractivity contribution in [2.24, 2.45) is 21.7 Å². The summed E-state index contributed by atoms with van der Waals surface area (Å²) in [4.78, 5) is 35.2. The molecule has 10 nitrogen and oxygen atoms in total. The number of aromatic amines is 1. The van der Waals surface area contributed by atoms with Crippen LogP contribution in [0.5, 0.6) is 0 Å². The molecular formula is C36H55N7O3. The second-order valence-electron chi connectivity index (χ2n) is 15.3. The van der Waals surface area contributed by atoms with Gasteiger partial charge in [-0.05, 0) is 105 Å². The first-order valence-corrected chi connectivity index (χ1v) is 16.9. The van der Waals surface area contributed by atoms with Gasteiger partial charge in [-0.15, -0.1) is 10.2 Å². The minimum Gasteiger partial charge on any atom is -0.497 e. The van der Waals surface area contributed by atoms with Crippen molar-refractivity contribution in [1.82, 2.24) is 30.8 Å². The number of allylic oxidation sites excluding steroid dienone is 4. The van der Waals surface area contributed by atoms with Gasteiger partial charge in [0.15, 0.2) is 5.82 Å². The fourth-order valence-electron chi connectivity index (χ4n) is 6.93. The number of aliphatic imine (C=N–C) groups is 1. The number of ether oxygens (including phenoxy) is 1. The maximum absolute atomic E-state index is 14.7. The van der Waals surface area contributed by atoms with Crippen LogP contribution < -0.4 is 5.32 Å². The van der Waals surface area contributed by atoms with Crippen molar-refractivity contribution in [3.63, 3.8) is 0 Å². The van der Waals surface area contributed by atoms with Gasteiger partial charge in [0.2, 0.25) is 5.91 Å². The number of hydrogen-bond donors (Lipinski definition) is 2. The molecule has 1 spiro atoms. The van der Waals surface area contributed by atoms with Gasteiger partial charge in [0.1, 0.15) is 17.1 Å². The van der Waals surface area contributed by atoms with Crippen LogP contribution in [0.25, 0.3) is 0 Å². The second kappa shape index (κ2) is 14.5. The quantitative estimate of drug-likeness (QED) is 0.205. The first-order valence-electron chi connectivity index (χ1n) is 16.9. The highest BCUT2D eigenvalue weighted by atomic mass is 16.5. The Balaban J connectivity index is 1.72. The summed E-state index contributed by atoms with van der Waals surface area (Å²) in [6.45, 7) is 17.9. The Kier molecular flexibility index (Phi) is 11.1. The molecule has 0 unspecified atom stereocenters. The van der Waals surface area contributed by atoms with Gasteiger partial charge >= 0.3 is 0 Å². The summed E-state index contributed by atoms with van der Waals surface area (Å²) in [5.74, 6) is 1.61. The average molecular weight is 634 g/mol. The molecule has 1 atom stereocenters. The molecule has 0 aromatic carbocycles. The SMILES string of the molecule is CC/C(=C\C=C(/C)C(=O)NCc1nn[nH]n1)[C@@H](CCC(C)(C)C)N1C(=O)C(C2=CC(OC)=CCC2)=NC12CCC(C(C)(C)C)CC2. The highest BCUT2D eigenvalue weighted by molar-refractivity contribution is 6.47. The molecule has 2 aliphatic carbocycles. The van der Waals surface area contributed by atoms with E-state index in [9.17, 15) is 9.59 Å². The van der Waals surface area contributed by atoms with Crippen molar-refractivity contribution in [2.45, 2.75) is 131 Å². The Morgan fingerprint density at radius 1 is 1.20 bits per heavy atom. The smallest absolute Gasteiger partial charge is 0.274 e. The van der Waals surface area contributed by atoms with Gasteiger partial charge in [-0.2, -0.15) is 5.21 Å². The summed E-state index contributed by atoms with van der Waals surface area (Å²) >= 11 is 0. The molecule has 0 radical (unpaired) electrons. The summed E-state index contributed by atoms with van der Waals surface area (Å²) in [6.07, 6.45) is 15.9. The fourth-order valence-corrected chi connectivity index (χ4v) is 6.93. The number of methoxy groups -OCH3 is 1. The lowest BCUT2D eigenvalue weighted by molar-refractivity contribution is -0.132. The summed E-state index contributed by atoms with van der Waals surface area (Å²) in [7, 11) is 1.67. The predicted molar refractivity (Wildman–Crippen MR) is 181 cm³/mol. The lowest BCUT2D eigenvalue weighted by Gasteiger charge is -2.48. The van der Waals surface area contributed by atoms with Gasteiger partial charge in [-0.25, -0.2) is 0 Å². The Morgan fingerprint density at radius 3 is 2.50 bits per heavy atom. The van der Waals surface area contributed by atoms with Gasteiger partial charge < -0.3 is 15.0 Å². The molecule has 1 fully saturated rings. The Bertz CT molecular complexity index is 1400. The molecule has 4 rings (SSSR count). The zero-order valence-corrected chi connectivity index (χ0v) is 29.5. The molecule has 2 N–H and O–H groups in total. The van der Waals surface area contributed by atoms with Gasteiger partial charge in [0.25, 0.3) is 5.91 Å². The minimum absolute atomic E-state index is 0.0228. The summed E-state index contributed by atoms with van der Waals surface area (Å²) in [6, 6.07) is -0.141. The summed E-state index contributed by atoms with van der Waals surface area (Å²) in [5, 5.41) is 16.6. The van der Waals surface area contributed by atoms with Gasteiger partial charge in [0, 0.05) is 5.57 Å². The maximum atomic E-state index is 14.7. The minimum atomic E-state index is -0.582. The molecule has 0 bridgehead atoms. The molecule has 1 saturated carbocycles. The number of H-pyrrole nitrogens is 1. The van der Waals surface area contributed by atoms with Crippen LogP contribution in [0.3, 0.4) is 0 Å². The monoisotopic (exact) mass is 633 g/mol. The second-order valence-corrected chi connectivity index (χ2v) is 15.3. The van der Waals surface area contributed by atoms with Crippen LogP contribution >= 0.6 is 0 Å². The van der Waals surface area contributed by atoms with Gasteiger partial charge in [-0.1, -0.05) is 65.8 Å². The van der Waals surface area contributed by atoms with Crippen molar-refractivity contribution < 1.29 is 14.3 Å². The normalized spacial score (nSPS) is 23.7. The lowest BCUT2D eigenvalue weighted by Crippen LogP contribution is -2.55. The lowest BCUT2D eigenvalue weighted by atomic mass is 9.69. The Hall–Kier alpha value is -3.56. The first-order chi connectivity index (χ1) is 21.7. The van der Waals surface area contributed by atoms with Crippen molar-refractivity contribution in [3.05, 3.63) is 52.6 Å². The van der Waals surface area contributed by atoms with Gasteiger partial charge in [0.05, 0.1) is 19.7 Å². The predicted octanol–water partition coefficient (Wildman–Crippen LogP) is 6.76. The number of hydrogen-bond acceptors (Lipinski definition) is 7. The highest BCUT2D eigenvalue weighted by Crippen LogP contribution is 2.49. The molecule has 0 saturated heterocycles. The van der Waals surface area contributed by atoms with E-state index in [1.54, 1.807) is 14.0 Å². The number of nitrogens with one attached hydrogen (secondary N) is 2. The Labute approximate surface area is 275 Å². The average Bonchev–Trinajstić information content (AvgIpc) is 3.63. The van der Waals surface area contributed by atoms with Crippen LogP contribution in [0.4, 0.5) is 0 Å². The van der Waals surface area contributed by atoms with E-state index in [4.69, 9.17) is 9.73 Å². The molecule has 2 heterocycles. The molecule has 1 aromatic heterocycles. The standard InChI is InChI=1S/C36H55N7O3/c1-10-25(15-14-24(2)32(44)37-23-30-39-41-42-40-30)29(18-19-34(3,4)5)43-33(45)31(26-12-11-13-28(22-26)46-9)38-36(43)20-16-27(17-21-36)35(6,7)8/h13-15,22,27,29H,10-12,16-21,23H2,1-9H3,(H,37,44)(H,39,40,41,42)/b24-14+,25-15+/t27?,29-,36?/m1/s1. The van der Waals surface area contributed by atoms with E-state index in [1.165, 1.54) is 0 Å². The van der Waals surface area contributed by atoms with Crippen molar-refractivity contribution in [3.8, 4) is 0 Å². The van der Waals surface area contributed by atoms with Crippen LogP contribution in [0.1, 0.15) is 119 Å². The van der Waals surface area contributed by atoms with E-state index in [0.717, 1.165) is 74.7 Å². The van der Waals surface area contributed by atoms with Crippen molar-refractivity contribution in [2.75, 3.05) is 7.11 Å². The summed E-state index contributed by atoms with van der Waals surface area (Å²) in [5.41, 5.74) is 2.98. The number of carbonyl (C=O) groups excluding carboxylic acids is 2. The molecule has 10 heteroatoms. The number of aromatic nitrogens is 4.